The van der Waals surface area contributed by atoms with Crippen LogP contribution in [0.25, 0.3) is 0 Å². The fraction of sp³-hybridized carbons (Fsp3) is 0.345. The second-order valence-electron chi connectivity index (χ2n) is 10.7. The number of halogens is 1. The van der Waals surface area contributed by atoms with Crippen molar-refractivity contribution in [3.8, 4) is 5.75 Å². The molecule has 0 saturated carbocycles. The Labute approximate surface area is 229 Å². The van der Waals surface area contributed by atoms with Gasteiger partial charge in [0.15, 0.2) is 17.0 Å². The van der Waals surface area contributed by atoms with Crippen molar-refractivity contribution < 1.29 is 23.9 Å². The molecule has 3 aliphatic rings. The van der Waals surface area contributed by atoms with Crippen molar-refractivity contribution in [3.63, 3.8) is 0 Å². The number of aromatic nitrogens is 2. The molecule has 2 amide bonds. The number of aryl methyl sites for hydroxylation is 1. The summed E-state index contributed by atoms with van der Waals surface area (Å²) in [5, 5.41) is 18.0. The number of hydrogen-bond donors (Lipinski definition) is 2. The van der Waals surface area contributed by atoms with E-state index < -0.39 is 40.5 Å². The van der Waals surface area contributed by atoms with Crippen LogP contribution in [-0.4, -0.2) is 55.3 Å². The third kappa shape index (κ3) is 4.12. The molecule has 3 atom stereocenters. The monoisotopic (exact) mass is 545 g/mol. The van der Waals surface area contributed by atoms with Gasteiger partial charge in [-0.2, -0.15) is 0 Å². The number of oxime groups is 1. The van der Waals surface area contributed by atoms with E-state index in [4.69, 9.17) is 4.84 Å². The number of amides is 2. The molecule has 2 aromatic heterocycles. The highest BCUT2D eigenvalue weighted by atomic mass is 19.1. The van der Waals surface area contributed by atoms with Gasteiger partial charge in [0.1, 0.15) is 11.4 Å². The molecule has 40 heavy (non-hydrogen) atoms. The Morgan fingerprint density at radius 1 is 1.30 bits per heavy atom. The Morgan fingerprint density at radius 3 is 2.88 bits per heavy atom. The van der Waals surface area contributed by atoms with Gasteiger partial charge in [0, 0.05) is 55.3 Å². The van der Waals surface area contributed by atoms with Gasteiger partial charge in [0.25, 0.3) is 11.8 Å². The van der Waals surface area contributed by atoms with Gasteiger partial charge >= 0.3 is 0 Å². The molecular weight excluding hydrogens is 517 g/mol. The smallest absolute Gasteiger partial charge is 0.274 e. The third-order valence-electron chi connectivity index (χ3n) is 8.20. The molecule has 2 N–H and O–H groups in total. The Kier molecular flexibility index (Phi) is 6.16. The average molecular weight is 546 g/mol. The van der Waals surface area contributed by atoms with Gasteiger partial charge in [-0.05, 0) is 50.5 Å². The zero-order valence-corrected chi connectivity index (χ0v) is 22.1. The second kappa shape index (κ2) is 9.58. The summed E-state index contributed by atoms with van der Waals surface area (Å²) in [4.78, 5) is 51.8. The minimum absolute atomic E-state index is 0.157. The minimum atomic E-state index is -0.970. The van der Waals surface area contributed by atoms with E-state index in [1.165, 1.54) is 16.8 Å². The van der Waals surface area contributed by atoms with Crippen molar-refractivity contribution in [1.82, 2.24) is 19.8 Å². The standard InChI is InChI=1S/C29H28FN5O5/c1-16-5-6-18(21(30)10-16)13-32-27(38)20-14-35-23-15-34(28(39)24(35)26(37)25(20)36)17(2)7-8-29(23)11-22(33-40-29)19-4-3-9-31-12-19/h3-6,9-10,12,14,17,23,37H,7-8,11,13,15H2,1-2H3,(H,32,38)/t17-,23+,29-/m0/s1. The molecule has 0 radical (unpaired) electrons. The first kappa shape index (κ1) is 25.7. The topological polar surface area (TPSA) is 126 Å². The predicted molar refractivity (Wildman–Crippen MR) is 143 cm³/mol. The van der Waals surface area contributed by atoms with E-state index in [0.717, 1.165) is 11.1 Å². The van der Waals surface area contributed by atoms with E-state index in [9.17, 15) is 23.9 Å². The fourth-order valence-electron chi connectivity index (χ4n) is 5.87. The van der Waals surface area contributed by atoms with Crippen LogP contribution in [0.1, 0.15) is 69.8 Å². The number of nitrogens with one attached hydrogen (secondary N) is 1. The van der Waals surface area contributed by atoms with Crippen LogP contribution in [0, 0.1) is 12.7 Å². The number of benzene rings is 1. The molecule has 11 heteroatoms. The van der Waals surface area contributed by atoms with Gasteiger partial charge in [0.05, 0.1) is 11.8 Å². The van der Waals surface area contributed by atoms with Crippen molar-refractivity contribution in [2.45, 2.75) is 57.3 Å². The molecule has 206 valence electrons. The maximum atomic E-state index is 14.3. The number of rotatable bonds is 4. The number of fused-ring (bicyclic) bond motifs is 5. The molecule has 1 saturated heterocycles. The summed E-state index contributed by atoms with van der Waals surface area (Å²) in [7, 11) is 0. The zero-order valence-electron chi connectivity index (χ0n) is 22.1. The Hall–Kier alpha value is -4.54. The van der Waals surface area contributed by atoms with E-state index in [-0.39, 0.29) is 36.0 Å². The summed E-state index contributed by atoms with van der Waals surface area (Å²) in [6.07, 6.45) is 6.26. The zero-order chi connectivity index (χ0) is 28.2. The quantitative estimate of drug-likeness (QED) is 0.519. The Balaban J connectivity index is 1.38. The Bertz CT molecular complexity index is 1620. The molecule has 1 spiro atoms. The van der Waals surface area contributed by atoms with Crippen LogP contribution in [0.5, 0.6) is 5.75 Å². The van der Waals surface area contributed by atoms with Crippen LogP contribution < -0.4 is 10.7 Å². The van der Waals surface area contributed by atoms with Gasteiger partial charge in [-0.15, -0.1) is 0 Å². The number of carbonyl (C=O) groups is 2. The number of nitrogens with zero attached hydrogens (tertiary/aromatic N) is 4. The molecule has 10 nitrogen and oxygen atoms in total. The highest BCUT2D eigenvalue weighted by Gasteiger charge is 2.54. The summed E-state index contributed by atoms with van der Waals surface area (Å²) in [6, 6.07) is 7.62. The summed E-state index contributed by atoms with van der Waals surface area (Å²) in [6.45, 7) is 3.77. The highest BCUT2D eigenvalue weighted by molar-refractivity contribution is 6.02. The summed E-state index contributed by atoms with van der Waals surface area (Å²) < 4.78 is 15.8. The highest BCUT2D eigenvalue weighted by Crippen LogP contribution is 2.46. The molecule has 3 aliphatic heterocycles. The van der Waals surface area contributed by atoms with Crippen LogP contribution in [0.3, 0.4) is 0 Å². The fourth-order valence-corrected chi connectivity index (χ4v) is 5.87. The SMILES string of the molecule is Cc1ccc(CNC(=O)c2cn3c(c(O)c2=O)C(=O)N2C[C@@H]3[C@]3(CC[C@@H]2C)CC(c2cccnc2)=NO3)c(F)c1. The first-order valence-electron chi connectivity index (χ1n) is 13.2. The molecule has 1 fully saturated rings. The van der Waals surface area contributed by atoms with Crippen molar-refractivity contribution in [1.29, 1.82) is 0 Å². The largest absolute Gasteiger partial charge is 0.503 e. The molecular formula is C29H28FN5O5. The van der Waals surface area contributed by atoms with Crippen LogP contribution in [0.4, 0.5) is 4.39 Å². The van der Waals surface area contributed by atoms with E-state index in [1.54, 1.807) is 36.4 Å². The van der Waals surface area contributed by atoms with E-state index in [2.05, 4.69) is 15.5 Å². The van der Waals surface area contributed by atoms with Gasteiger partial charge in [-0.3, -0.25) is 19.4 Å². The molecule has 0 unspecified atom stereocenters. The van der Waals surface area contributed by atoms with Gasteiger partial charge in [-0.1, -0.05) is 17.3 Å². The van der Waals surface area contributed by atoms with Gasteiger partial charge in [0.2, 0.25) is 5.43 Å². The third-order valence-corrected chi connectivity index (χ3v) is 8.20. The predicted octanol–water partition coefficient (Wildman–Crippen LogP) is 3.07. The average Bonchev–Trinajstić information content (AvgIpc) is 3.33. The maximum Gasteiger partial charge on any atom is 0.274 e. The summed E-state index contributed by atoms with van der Waals surface area (Å²) in [5.41, 5.74) is 0.112. The number of carbonyl (C=O) groups excluding carboxylic acids is 2. The van der Waals surface area contributed by atoms with Gasteiger partial charge < -0.3 is 24.7 Å². The van der Waals surface area contributed by atoms with E-state index in [0.29, 0.717) is 25.0 Å². The Morgan fingerprint density at radius 2 is 2.12 bits per heavy atom. The minimum Gasteiger partial charge on any atom is -0.503 e. The normalized spacial score (nSPS) is 23.3. The van der Waals surface area contributed by atoms with Crippen LogP contribution in [0.2, 0.25) is 0 Å². The molecule has 5 heterocycles. The first-order valence-corrected chi connectivity index (χ1v) is 13.2. The first-order chi connectivity index (χ1) is 19.2. The molecule has 3 aromatic rings. The molecule has 1 aromatic carbocycles. The number of hydrogen-bond acceptors (Lipinski definition) is 7. The lowest BCUT2D eigenvalue weighted by molar-refractivity contribution is -0.0655. The second-order valence-corrected chi connectivity index (χ2v) is 10.7. The van der Waals surface area contributed by atoms with E-state index in [1.807, 2.05) is 19.1 Å². The van der Waals surface area contributed by atoms with Crippen LogP contribution in [-0.2, 0) is 11.4 Å². The molecule has 0 aliphatic carbocycles. The van der Waals surface area contributed by atoms with Gasteiger partial charge in [-0.25, -0.2) is 4.39 Å². The molecule has 2 bridgehead atoms. The molecule has 6 rings (SSSR count). The number of aromatic hydroxyl groups is 1. The van der Waals surface area contributed by atoms with Crippen molar-refractivity contribution in [3.05, 3.63) is 92.9 Å². The lowest BCUT2D eigenvalue weighted by Gasteiger charge is -2.41. The lowest BCUT2D eigenvalue weighted by Crippen LogP contribution is -2.52. The van der Waals surface area contributed by atoms with Crippen molar-refractivity contribution in [2.24, 2.45) is 5.16 Å². The number of pyridine rings is 2. The summed E-state index contributed by atoms with van der Waals surface area (Å²) >= 11 is 0. The van der Waals surface area contributed by atoms with Crippen molar-refractivity contribution in [2.75, 3.05) is 6.54 Å². The lowest BCUT2D eigenvalue weighted by atomic mass is 9.83. The summed E-state index contributed by atoms with van der Waals surface area (Å²) in [5.74, 6) is -2.56. The van der Waals surface area contributed by atoms with Crippen molar-refractivity contribution >= 4 is 17.5 Å². The van der Waals surface area contributed by atoms with Crippen LogP contribution >= 0.6 is 0 Å². The maximum absolute atomic E-state index is 14.3. The van der Waals surface area contributed by atoms with E-state index >= 15 is 0 Å². The van der Waals surface area contributed by atoms with Crippen LogP contribution in [0.15, 0.2) is 58.9 Å².